The molecule has 1 amide bonds. The summed E-state index contributed by atoms with van der Waals surface area (Å²) < 4.78 is 11.2. The van der Waals surface area contributed by atoms with Crippen molar-refractivity contribution in [2.75, 3.05) is 13.2 Å². The molecule has 23 heavy (non-hydrogen) atoms. The standard InChI is InChI=1S/C18H34N2O3/c1-18(2,3)23-17(21)20-15-8-6-7-14(13-15)19-11-12-22-16-9-4-5-10-16/h14-16,19H,4-13H2,1-3H3,(H,20,21). The molecule has 134 valence electrons. The molecule has 2 aliphatic rings. The molecule has 2 aliphatic carbocycles. The van der Waals surface area contributed by atoms with Gasteiger partial charge in [0, 0.05) is 18.6 Å². The van der Waals surface area contributed by atoms with Crippen molar-refractivity contribution in [1.29, 1.82) is 0 Å². The fourth-order valence-electron chi connectivity index (χ4n) is 3.52. The molecule has 0 radical (unpaired) electrons. The van der Waals surface area contributed by atoms with E-state index in [0.717, 1.165) is 32.4 Å². The number of carbonyl (C=O) groups excluding carboxylic acids is 1. The Hall–Kier alpha value is -0.810. The number of carbonyl (C=O) groups is 1. The summed E-state index contributed by atoms with van der Waals surface area (Å²) in [4.78, 5) is 11.9. The number of hydrogen-bond acceptors (Lipinski definition) is 4. The fraction of sp³-hybridized carbons (Fsp3) is 0.944. The third-order valence-corrected chi connectivity index (χ3v) is 4.59. The fourth-order valence-corrected chi connectivity index (χ4v) is 3.52. The summed E-state index contributed by atoms with van der Waals surface area (Å²) in [5, 5.41) is 6.59. The highest BCUT2D eigenvalue weighted by Crippen LogP contribution is 2.21. The van der Waals surface area contributed by atoms with Crippen molar-refractivity contribution in [1.82, 2.24) is 10.6 Å². The lowest BCUT2D eigenvalue weighted by Gasteiger charge is -2.31. The van der Waals surface area contributed by atoms with E-state index in [-0.39, 0.29) is 12.1 Å². The van der Waals surface area contributed by atoms with Gasteiger partial charge in [0.05, 0.1) is 12.7 Å². The van der Waals surface area contributed by atoms with Crippen LogP contribution in [-0.4, -0.2) is 43.0 Å². The minimum Gasteiger partial charge on any atom is -0.444 e. The minimum absolute atomic E-state index is 0.215. The van der Waals surface area contributed by atoms with Crippen molar-refractivity contribution in [2.24, 2.45) is 0 Å². The van der Waals surface area contributed by atoms with Crippen molar-refractivity contribution in [3.05, 3.63) is 0 Å². The summed E-state index contributed by atoms with van der Waals surface area (Å²) in [6.07, 6.45) is 9.61. The van der Waals surface area contributed by atoms with E-state index in [1.807, 2.05) is 20.8 Å². The van der Waals surface area contributed by atoms with Crippen LogP contribution in [0, 0.1) is 0 Å². The third kappa shape index (κ3) is 7.53. The largest absolute Gasteiger partial charge is 0.444 e. The van der Waals surface area contributed by atoms with E-state index in [4.69, 9.17) is 9.47 Å². The maximum absolute atomic E-state index is 11.9. The lowest BCUT2D eigenvalue weighted by atomic mass is 9.91. The first-order valence-electron chi connectivity index (χ1n) is 9.27. The molecular formula is C18H34N2O3. The van der Waals surface area contributed by atoms with E-state index in [1.54, 1.807) is 0 Å². The van der Waals surface area contributed by atoms with E-state index >= 15 is 0 Å². The van der Waals surface area contributed by atoms with Gasteiger partial charge in [0.25, 0.3) is 0 Å². The molecule has 5 heteroatoms. The Labute approximate surface area is 140 Å². The van der Waals surface area contributed by atoms with E-state index in [9.17, 15) is 4.79 Å². The molecule has 0 aromatic carbocycles. The lowest BCUT2D eigenvalue weighted by Crippen LogP contribution is -2.46. The zero-order valence-electron chi connectivity index (χ0n) is 15.0. The maximum atomic E-state index is 11.9. The second kappa shape index (κ2) is 8.88. The molecule has 2 unspecified atom stereocenters. The summed E-state index contributed by atoms with van der Waals surface area (Å²) in [6, 6.07) is 0.683. The summed E-state index contributed by atoms with van der Waals surface area (Å²) in [5.41, 5.74) is -0.437. The molecule has 2 rings (SSSR count). The van der Waals surface area contributed by atoms with Crippen molar-refractivity contribution in [3.63, 3.8) is 0 Å². The van der Waals surface area contributed by atoms with Gasteiger partial charge in [0.1, 0.15) is 5.60 Å². The molecule has 0 aromatic rings. The Kier molecular flexibility index (Phi) is 7.15. The van der Waals surface area contributed by atoms with E-state index in [0.29, 0.717) is 12.1 Å². The summed E-state index contributed by atoms with van der Waals surface area (Å²) in [6.45, 7) is 7.37. The molecule has 0 spiro atoms. The van der Waals surface area contributed by atoms with E-state index in [1.165, 1.54) is 32.1 Å². The van der Waals surface area contributed by atoms with Crippen LogP contribution in [0.1, 0.15) is 72.1 Å². The van der Waals surface area contributed by atoms with Gasteiger partial charge in [0.15, 0.2) is 0 Å². The zero-order chi connectivity index (χ0) is 16.7. The number of alkyl carbamates (subject to hydrolysis) is 1. The number of nitrogens with one attached hydrogen (secondary N) is 2. The predicted octanol–water partition coefficient (Wildman–Crippen LogP) is 3.37. The van der Waals surface area contributed by atoms with Crippen molar-refractivity contribution in [2.45, 2.75) is 95.9 Å². The van der Waals surface area contributed by atoms with Gasteiger partial charge < -0.3 is 20.1 Å². The molecule has 0 bridgehead atoms. The van der Waals surface area contributed by atoms with Crippen LogP contribution in [0.3, 0.4) is 0 Å². The SMILES string of the molecule is CC(C)(C)OC(=O)NC1CCCC(NCCOC2CCCC2)C1. The van der Waals surface area contributed by atoms with E-state index in [2.05, 4.69) is 10.6 Å². The molecule has 0 heterocycles. The second-order valence-electron chi connectivity index (χ2n) is 7.94. The van der Waals surface area contributed by atoms with Crippen molar-refractivity contribution >= 4 is 6.09 Å². The molecule has 2 atom stereocenters. The predicted molar refractivity (Wildman–Crippen MR) is 91.6 cm³/mol. The normalized spacial score (nSPS) is 26.2. The van der Waals surface area contributed by atoms with Crippen molar-refractivity contribution in [3.8, 4) is 0 Å². The van der Waals surface area contributed by atoms with Crippen molar-refractivity contribution < 1.29 is 14.3 Å². The van der Waals surface area contributed by atoms with Crippen LogP contribution in [0.15, 0.2) is 0 Å². The highest BCUT2D eigenvalue weighted by molar-refractivity contribution is 5.68. The van der Waals surface area contributed by atoms with Crippen LogP contribution in [0.5, 0.6) is 0 Å². The van der Waals surface area contributed by atoms with Gasteiger partial charge in [-0.05, 0) is 59.3 Å². The molecular weight excluding hydrogens is 292 g/mol. The monoisotopic (exact) mass is 326 g/mol. The van der Waals surface area contributed by atoms with Gasteiger partial charge in [-0.1, -0.05) is 12.8 Å². The molecule has 2 N–H and O–H groups in total. The van der Waals surface area contributed by atoms with Crippen LogP contribution < -0.4 is 10.6 Å². The Morgan fingerprint density at radius 1 is 1.04 bits per heavy atom. The van der Waals surface area contributed by atoms with Crippen LogP contribution in [-0.2, 0) is 9.47 Å². The molecule has 2 fully saturated rings. The molecule has 0 saturated heterocycles. The van der Waals surface area contributed by atoms with Gasteiger partial charge in [-0.25, -0.2) is 4.79 Å². The first-order valence-corrected chi connectivity index (χ1v) is 9.27. The first-order chi connectivity index (χ1) is 10.9. The average Bonchev–Trinajstić information content (AvgIpc) is 2.95. The number of rotatable bonds is 6. The van der Waals surface area contributed by atoms with Gasteiger partial charge in [-0.15, -0.1) is 0 Å². The highest BCUT2D eigenvalue weighted by atomic mass is 16.6. The highest BCUT2D eigenvalue weighted by Gasteiger charge is 2.25. The quantitative estimate of drug-likeness (QED) is 0.735. The second-order valence-corrected chi connectivity index (χ2v) is 7.94. The summed E-state index contributed by atoms with van der Waals surface area (Å²) in [7, 11) is 0. The first kappa shape index (κ1) is 18.5. The summed E-state index contributed by atoms with van der Waals surface area (Å²) in [5.74, 6) is 0. The molecule has 0 aliphatic heterocycles. The van der Waals surface area contributed by atoms with Crippen LogP contribution in [0.25, 0.3) is 0 Å². The van der Waals surface area contributed by atoms with Gasteiger partial charge in [-0.3, -0.25) is 0 Å². The number of hydrogen-bond donors (Lipinski definition) is 2. The zero-order valence-corrected chi connectivity index (χ0v) is 15.0. The summed E-state index contributed by atoms with van der Waals surface area (Å²) >= 11 is 0. The van der Waals surface area contributed by atoms with E-state index < -0.39 is 5.60 Å². The van der Waals surface area contributed by atoms with Gasteiger partial charge >= 0.3 is 6.09 Å². The number of amides is 1. The number of ether oxygens (including phenoxy) is 2. The van der Waals surface area contributed by atoms with Gasteiger partial charge in [-0.2, -0.15) is 0 Å². The Morgan fingerprint density at radius 3 is 2.43 bits per heavy atom. The van der Waals surface area contributed by atoms with Crippen LogP contribution in [0.2, 0.25) is 0 Å². The maximum Gasteiger partial charge on any atom is 0.407 e. The molecule has 2 saturated carbocycles. The van der Waals surface area contributed by atoms with Gasteiger partial charge in [0.2, 0.25) is 0 Å². The van der Waals surface area contributed by atoms with Crippen LogP contribution in [0.4, 0.5) is 4.79 Å². The molecule has 5 nitrogen and oxygen atoms in total. The minimum atomic E-state index is -0.437. The Morgan fingerprint density at radius 2 is 1.74 bits per heavy atom. The molecule has 0 aromatic heterocycles. The lowest BCUT2D eigenvalue weighted by molar-refractivity contribution is 0.0478. The topological polar surface area (TPSA) is 59.6 Å². The smallest absolute Gasteiger partial charge is 0.407 e. The Bertz CT molecular complexity index is 362. The average molecular weight is 326 g/mol. The third-order valence-electron chi connectivity index (χ3n) is 4.59. The Balaban J connectivity index is 1.60. The van der Waals surface area contributed by atoms with Crippen LogP contribution >= 0.6 is 0 Å².